The zero-order valence-corrected chi connectivity index (χ0v) is 6.24. The van der Waals surface area contributed by atoms with Crippen molar-refractivity contribution >= 4 is 5.69 Å². The lowest BCUT2D eigenvalue weighted by Crippen LogP contribution is -1.84. The lowest BCUT2D eigenvalue weighted by molar-refractivity contribution is 0.416. The monoisotopic (exact) mass is 148 g/mol. The highest BCUT2D eigenvalue weighted by Gasteiger charge is 2.11. The van der Waals surface area contributed by atoms with Crippen LogP contribution in [-0.4, -0.2) is 7.11 Å². The molecule has 1 aromatic carbocycles. The molecule has 0 saturated heterocycles. The first-order valence-electron chi connectivity index (χ1n) is 3.45. The number of hydrogen-bond donors (Lipinski definition) is 0. The van der Waals surface area contributed by atoms with Crippen LogP contribution in [0.3, 0.4) is 0 Å². The number of benzene rings is 1. The molecule has 3 nitrogen and oxygen atoms in total. The SMILES string of the molecule is COc1cccc2c1N=NC2. The van der Waals surface area contributed by atoms with Crippen molar-refractivity contribution in [3.05, 3.63) is 23.8 Å². The molecule has 0 N–H and O–H groups in total. The van der Waals surface area contributed by atoms with Gasteiger partial charge in [0.05, 0.1) is 13.7 Å². The third kappa shape index (κ3) is 0.888. The fraction of sp³-hybridized carbons (Fsp3) is 0.250. The van der Waals surface area contributed by atoms with Gasteiger partial charge in [-0.15, -0.1) is 0 Å². The van der Waals surface area contributed by atoms with Crippen LogP contribution in [0, 0.1) is 0 Å². The Balaban J connectivity index is 2.57. The summed E-state index contributed by atoms with van der Waals surface area (Å²) in [6, 6.07) is 5.86. The molecule has 0 amide bonds. The zero-order valence-electron chi connectivity index (χ0n) is 6.24. The van der Waals surface area contributed by atoms with Crippen LogP contribution < -0.4 is 4.74 Å². The van der Waals surface area contributed by atoms with Gasteiger partial charge in [-0.3, -0.25) is 0 Å². The minimum atomic E-state index is 0.687. The molecule has 0 atom stereocenters. The number of azo groups is 1. The average molecular weight is 148 g/mol. The summed E-state index contributed by atoms with van der Waals surface area (Å²) in [5.41, 5.74) is 2.03. The van der Waals surface area contributed by atoms with E-state index >= 15 is 0 Å². The fourth-order valence-electron chi connectivity index (χ4n) is 1.16. The molecule has 11 heavy (non-hydrogen) atoms. The predicted octanol–water partition coefficient (Wildman–Crippen LogP) is 2.29. The Morgan fingerprint density at radius 2 is 2.36 bits per heavy atom. The molecule has 1 heterocycles. The van der Waals surface area contributed by atoms with Gasteiger partial charge in [-0.25, -0.2) is 0 Å². The van der Waals surface area contributed by atoms with Crippen molar-refractivity contribution < 1.29 is 4.74 Å². The molecule has 0 aliphatic carbocycles. The van der Waals surface area contributed by atoms with Crippen LogP contribution in [-0.2, 0) is 6.54 Å². The quantitative estimate of drug-likeness (QED) is 0.601. The maximum atomic E-state index is 5.10. The average Bonchev–Trinajstić information content (AvgIpc) is 2.50. The molecule has 2 rings (SSSR count). The standard InChI is InChI=1S/C8H8N2O/c1-11-7-4-2-3-6-5-9-10-8(6)7/h2-4H,5H2,1H3. The normalized spacial score (nSPS) is 13.2. The minimum Gasteiger partial charge on any atom is -0.494 e. The van der Waals surface area contributed by atoms with Crippen LogP contribution >= 0.6 is 0 Å². The smallest absolute Gasteiger partial charge is 0.146 e. The Morgan fingerprint density at radius 3 is 3.18 bits per heavy atom. The third-order valence-corrected chi connectivity index (χ3v) is 1.71. The molecule has 56 valence electrons. The van der Waals surface area contributed by atoms with E-state index in [1.165, 1.54) is 0 Å². The molecule has 0 radical (unpaired) electrons. The number of methoxy groups -OCH3 is 1. The van der Waals surface area contributed by atoms with Crippen molar-refractivity contribution in [2.75, 3.05) is 7.11 Å². The van der Waals surface area contributed by atoms with Gasteiger partial charge in [-0.05, 0) is 6.07 Å². The first-order valence-corrected chi connectivity index (χ1v) is 3.45. The molecule has 0 unspecified atom stereocenters. The van der Waals surface area contributed by atoms with E-state index in [1.54, 1.807) is 7.11 Å². The summed E-state index contributed by atoms with van der Waals surface area (Å²) in [5, 5.41) is 7.87. The second kappa shape index (κ2) is 2.34. The van der Waals surface area contributed by atoms with Crippen molar-refractivity contribution in [2.24, 2.45) is 10.2 Å². The van der Waals surface area contributed by atoms with E-state index in [0.717, 1.165) is 17.0 Å². The zero-order chi connectivity index (χ0) is 7.68. The molecule has 1 aliphatic heterocycles. The lowest BCUT2D eigenvalue weighted by atomic mass is 10.2. The van der Waals surface area contributed by atoms with Gasteiger partial charge < -0.3 is 4.74 Å². The van der Waals surface area contributed by atoms with E-state index in [4.69, 9.17) is 4.74 Å². The summed E-state index contributed by atoms with van der Waals surface area (Å²) in [4.78, 5) is 0. The number of hydrogen-bond acceptors (Lipinski definition) is 3. The Labute approximate surface area is 64.7 Å². The van der Waals surface area contributed by atoms with Crippen molar-refractivity contribution in [3.8, 4) is 5.75 Å². The van der Waals surface area contributed by atoms with Crippen LogP contribution in [0.1, 0.15) is 5.56 Å². The molecule has 0 aromatic heterocycles. The molecule has 0 fully saturated rings. The minimum absolute atomic E-state index is 0.687. The van der Waals surface area contributed by atoms with Gasteiger partial charge in [0.1, 0.15) is 11.4 Å². The second-order valence-electron chi connectivity index (χ2n) is 2.37. The fourth-order valence-corrected chi connectivity index (χ4v) is 1.16. The third-order valence-electron chi connectivity index (χ3n) is 1.71. The van der Waals surface area contributed by atoms with Gasteiger partial charge in [0.2, 0.25) is 0 Å². The number of ether oxygens (including phenoxy) is 1. The van der Waals surface area contributed by atoms with Crippen LogP contribution in [0.2, 0.25) is 0 Å². The molecular formula is C8H8N2O. The number of fused-ring (bicyclic) bond motifs is 1. The first kappa shape index (κ1) is 6.34. The largest absolute Gasteiger partial charge is 0.494 e. The maximum Gasteiger partial charge on any atom is 0.146 e. The van der Waals surface area contributed by atoms with Gasteiger partial charge >= 0.3 is 0 Å². The Morgan fingerprint density at radius 1 is 1.45 bits per heavy atom. The Kier molecular flexibility index (Phi) is 1.35. The molecule has 0 spiro atoms. The first-order chi connectivity index (χ1) is 5.42. The molecular weight excluding hydrogens is 140 g/mol. The van der Waals surface area contributed by atoms with Gasteiger partial charge in [0, 0.05) is 5.56 Å². The predicted molar refractivity (Wildman–Crippen MR) is 41.2 cm³/mol. The summed E-state index contributed by atoms with van der Waals surface area (Å²) >= 11 is 0. The molecule has 1 aromatic rings. The van der Waals surface area contributed by atoms with Crippen molar-refractivity contribution in [1.82, 2.24) is 0 Å². The van der Waals surface area contributed by atoms with Crippen LogP contribution in [0.5, 0.6) is 5.75 Å². The molecule has 1 aliphatic rings. The van der Waals surface area contributed by atoms with Crippen LogP contribution in [0.4, 0.5) is 5.69 Å². The van der Waals surface area contributed by atoms with Crippen molar-refractivity contribution in [2.45, 2.75) is 6.54 Å². The van der Waals surface area contributed by atoms with Gasteiger partial charge in [0.15, 0.2) is 0 Å². The highest BCUT2D eigenvalue weighted by atomic mass is 16.5. The van der Waals surface area contributed by atoms with E-state index in [9.17, 15) is 0 Å². The van der Waals surface area contributed by atoms with Crippen molar-refractivity contribution in [3.63, 3.8) is 0 Å². The summed E-state index contributed by atoms with van der Waals surface area (Å²) in [7, 11) is 1.64. The number of nitrogens with zero attached hydrogens (tertiary/aromatic N) is 2. The molecule has 3 heteroatoms. The van der Waals surface area contributed by atoms with E-state index in [-0.39, 0.29) is 0 Å². The van der Waals surface area contributed by atoms with E-state index in [2.05, 4.69) is 10.2 Å². The Hall–Kier alpha value is -1.38. The maximum absolute atomic E-state index is 5.10. The summed E-state index contributed by atoms with van der Waals surface area (Å²) < 4.78 is 5.10. The topological polar surface area (TPSA) is 34.0 Å². The van der Waals surface area contributed by atoms with Gasteiger partial charge in [-0.1, -0.05) is 12.1 Å². The Bertz CT molecular complexity index is 307. The van der Waals surface area contributed by atoms with Crippen LogP contribution in [0.25, 0.3) is 0 Å². The van der Waals surface area contributed by atoms with E-state index in [1.807, 2.05) is 18.2 Å². The van der Waals surface area contributed by atoms with Crippen molar-refractivity contribution in [1.29, 1.82) is 0 Å². The number of rotatable bonds is 1. The second-order valence-corrected chi connectivity index (χ2v) is 2.37. The summed E-state index contributed by atoms with van der Waals surface area (Å²) in [6.45, 7) is 0.687. The summed E-state index contributed by atoms with van der Waals surface area (Å²) in [6.07, 6.45) is 0. The highest BCUT2D eigenvalue weighted by Crippen LogP contribution is 2.35. The highest BCUT2D eigenvalue weighted by molar-refractivity contribution is 5.58. The van der Waals surface area contributed by atoms with Gasteiger partial charge in [0.25, 0.3) is 0 Å². The van der Waals surface area contributed by atoms with Gasteiger partial charge in [-0.2, -0.15) is 10.2 Å². The lowest BCUT2D eigenvalue weighted by Gasteiger charge is -2.01. The summed E-state index contributed by atoms with van der Waals surface area (Å²) in [5.74, 6) is 0.809. The molecule has 0 bridgehead atoms. The van der Waals surface area contributed by atoms with Crippen LogP contribution in [0.15, 0.2) is 28.4 Å². The van der Waals surface area contributed by atoms with E-state index in [0.29, 0.717) is 6.54 Å². The van der Waals surface area contributed by atoms with E-state index < -0.39 is 0 Å². The molecule has 0 saturated carbocycles.